The Morgan fingerprint density at radius 1 is 1.75 bits per heavy atom. The number of aromatic nitrogens is 2. The third kappa shape index (κ3) is 0.869. The first kappa shape index (κ1) is 5.31. The molecule has 3 nitrogen and oxygen atoms in total. The number of rotatable bonds is 0. The molecule has 0 spiro atoms. The van der Waals surface area contributed by atoms with Crippen LogP contribution in [0.5, 0.6) is 0 Å². The van der Waals surface area contributed by atoms with E-state index in [2.05, 4.69) is 9.97 Å². The van der Waals surface area contributed by atoms with Crippen LogP contribution in [0.4, 0.5) is 0 Å². The number of halogens is 1. The van der Waals surface area contributed by atoms with Gasteiger partial charge in [-0.25, -0.2) is 4.98 Å². The van der Waals surface area contributed by atoms with Crippen molar-refractivity contribution >= 4 is 11.6 Å². The highest BCUT2D eigenvalue weighted by Crippen LogP contribution is 1.88. The molecule has 0 radical (unpaired) electrons. The smallest absolute Gasteiger partial charge is 0.285 e. The minimum Gasteiger partial charge on any atom is -0.325 e. The summed E-state index contributed by atoms with van der Waals surface area (Å²) in [6, 6.07) is 0. The van der Waals surface area contributed by atoms with Gasteiger partial charge < -0.3 is 4.98 Å². The van der Waals surface area contributed by atoms with Crippen LogP contribution in [0.2, 0.25) is 5.15 Å². The monoisotopic (exact) mass is 130 g/mol. The van der Waals surface area contributed by atoms with Gasteiger partial charge in [0.25, 0.3) is 5.56 Å². The zero-order chi connectivity index (χ0) is 5.98. The molecule has 1 aromatic heterocycles. The number of H-pyrrole nitrogens is 1. The van der Waals surface area contributed by atoms with Gasteiger partial charge in [0.2, 0.25) is 0 Å². The molecule has 0 amide bonds. The number of hydrogen-bond donors (Lipinski definition) is 1. The van der Waals surface area contributed by atoms with Gasteiger partial charge in [0, 0.05) is 12.4 Å². The summed E-state index contributed by atoms with van der Waals surface area (Å²) < 4.78 is 0. The number of aromatic amines is 1. The Bertz CT molecular complexity index is 231. The van der Waals surface area contributed by atoms with Crippen molar-refractivity contribution in [3.05, 3.63) is 27.9 Å². The summed E-state index contributed by atoms with van der Waals surface area (Å²) in [6.07, 6.45) is 2.85. The summed E-state index contributed by atoms with van der Waals surface area (Å²) in [5.41, 5.74) is -0.353. The van der Waals surface area contributed by atoms with E-state index in [1.807, 2.05) is 0 Å². The summed E-state index contributed by atoms with van der Waals surface area (Å²) in [6.45, 7) is 0. The average molecular weight is 131 g/mol. The van der Waals surface area contributed by atoms with Gasteiger partial charge in [-0.3, -0.25) is 4.79 Å². The summed E-state index contributed by atoms with van der Waals surface area (Å²) in [5.74, 6) is 0. The van der Waals surface area contributed by atoms with Crippen LogP contribution in [-0.4, -0.2) is 9.97 Å². The summed E-state index contributed by atoms with van der Waals surface area (Å²) in [5, 5.41) is -0.0208. The molecule has 0 aliphatic heterocycles. The third-order valence-corrected chi connectivity index (χ3v) is 0.933. The van der Waals surface area contributed by atoms with Gasteiger partial charge in [-0.1, -0.05) is 11.6 Å². The molecule has 0 aromatic carbocycles. The fourth-order valence-electron chi connectivity index (χ4n) is 0.334. The van der Waals surface area contributed by atoms with Crippen LogP contribution >= 0.6 is 11.6 Å². The minimum atomic E-state index is -0.353. The van der Waals surface area contributed by atoms with Crippen molar-refractivity contribution in [2.75, 3.05) is 0 Å². The predicted octanol–water partition coefficient (Wildman–Crippen LogP) is 0.423. The molecule has 1 heterocycles. The van der Waals surface area contributed by atoms with Crippen LogP contribution in [0.3, 0.4) is 0 Å². The Morgan fingerprint density at radius 2 is 2.50 bits per heavy atom. The van der Waals surface area contributed by atoms with Gasteiger partial charge in [0.05, 0.1) is 0 Å². The molecule has 0 fully saturated rings. The van der Waals surface area contributed by atoms with Crippen LogP contribution < -0.4 is 5.56 Å². The molecule has 1 N–H and O–H groups in total. The van der Waals surface area contributed by atoms with Crippen LogP contribution in [0.15, 0.2) is 17.2 Å². The van der Waals surface area contributed by atoms with E-state index in [1.54, 1.807) is 0 Å². The third-order valence-electron chi connectivity index (χ3n) is 0.664. The molecule has 0 atom stereocenters. The van der Waals surface area contributed by atoms with Crippen LogP contribution in [0, 0.1) is 0 Å². The topological polar surface area (TPSA) is 45.8 Å². The number of nitrogens with one attached hydrogen (secondary N) is 1. The van der Waals surface area contributed by atoms with E-state index in [9.17, 15) is 4.79 Å². The Morgan fingerprint density at radius 3 is 2.88 bits per heavy atom. The molecular weight excluding hydrogens is 128 g/mol. The molecule has 0 unspecified atom stereocenters. The van der Waals surface area contributed by atoms with Gasteiger partial charge in [-0.15, -0.1) is 0 Å². The normalized spacial score (nSPS) is 9.12. The lowest BCUT2D eigenvalue weighted by Gasteiger charge is -1.80. The highest BCUT2D eigenvalue weighted by atomic mass is 35.5. The fraction of sp³-hybridized carbons (Fsp3) is 0. The maximum atomic E-state index is 10.4. The van der Waals surface area contributed by atoms with Gasteiger partial charge >= 0.3 is 0 Å². The molecular formula is C4H3ClN2O. The summed E-state index contributed by atoms with van der Waals surface area (Å²) in [7, 11) is 0. The highest BCUT2D eigenvalue weighted by Gasteiger charge is 1.88. The van der Waals surface area contributed by atoms with E-state index < -0.39 is 0 Å². The first-order valence-corrected chi connectivity index (χ1v) is 2.37. The zero-order valence-electron chi connectivity index (χ0n) is 3.89. The second-order valence-electron chi connectivity index (χ2n) is 1.21. The van der Waals surface area contributed by atoms with Crippen molar-refractivity contribution < 1.29 is 0 Å². The van der Waals surface area contributed by atoms with Crippen molar-refractivity contribution in [3.63, 3.8) is 0 Å². The van der Waals surface area contributed by atoms with E-state index in [4.69, 9.17) is 11.6 Å². The van der Waals surface area contributed by atoms with E-state index in [-0.39, 0.29) is 10.7 Å². The molecule has 0 saturated carbocycles. The Labute approximate surface area is 50.3 Å². The van der Waals surface area contributed by atoms with Gasteiger partial charge in [-0.2, -0.15) is 0 Å². The maximum Gasteiger partial charge on any atom is 0.285 e. The van der Waals surface area contributed by atoms with Crippen molar-refractivity contribution in [2.45, 2.75) is 0 Å². The van der Waals surface area contributed by atoms with Crippen LogP contribution in [0.1, 0.15) is 0 Å². The summed E-state index contributed by atoms with van der Waals surface area (Å²) in [4.78, 5) is 16.2. The van der Waals surface area contributed by atoms with Gasteiger partial charge in [0.1, 0.15) is 0 Å². The van der Waals surface area contributed by atoms with Crippen molar-refractivity contribution in [1.82, 2.24) is 9.97 Å². The Kier molecular flexibility index (Phi) is 1.30. The van der Waals surface area contributed by atoms with E-state index >= 15 is 0 Å². The lowest BCUT2D eigenvalue weighted by molar-refractivity contribution is 1.14. The fourth-order valence-corrected chi connectivity index (χ4v) is 0.445. The zero-order valence-corrected chi connectivity index (χ0v) is 4.64. The Balaban J connectivity index is 3.35. The van der Waals surface area contributed by atoms with Crippen molar-refractivity contribution in [3.8, 4) is 0 Å². The SMILES string of the molecule is O=c1[nH]ccnc1Cl. The molecule has 8 heavy (non-hydrogen) atoms. The maximum absolute atomic E-state index is 10.4. The van der Waals surface area contributed by atoms with Crippen molar-refractivity contribution in [1.29, 1.82) is 0 Å². The molecule has 0 aliphatic carbocycles. The minimum absolute atomic E-state index is 0.0208. The largest absolute Gasteiger partial charge is 0.325 e. The first-order chi connectivity index (χ1) is 3.80. The van der Waals surface area contributed by atoms with E-state index in [0.717, 1.165) is 0 Å². The molecule has 0 aliphatic rings. The van der Waals surface area contributed by atoms with Gasteiger partial charge in [0.15, 0.2) is 5.15 Å². The molecule has 0 saturated heterocycles. The number of hydrogen-bond acceptors (Lipinski definition) is 2. The molecule has 1 rings (SSSR count). The highest BCUT2D eigenvalue weighted by molar-refractivity contribution is 6.29. The second-order valence-corrected chi connectivity index (χ2v) is 1.57. The van der Waals surface area contributed by atoms with E-state index in [0.29, 0.717) is 0 Å². The van der Waals surface area contributed by atoms with Crippen molar-refractivity contribution in [2.24, 2.45) is 0 Å². The van der Waals surface area contributed by atoms with Crippen LogP contribution in [0.25, 0.3) is 0 Å². The lowest BCUT2D eigenvalue weighted by Crippen LogP contribution is -2.05. The quantitative estimate of drug-likeness (QED) is 0.553. The number of nitrogens with zero attached hydrogens (tertiary/aromatic N) is 1. The lowest BCUT2D eigenvalue weighted by atomic mass is 10.7. The summed E-state index contributed by atoms with van der Waals surface area (Å²) >= 11 is 5.25. The van der Waals surface area contributed by atoms with Gasteiger partial charge in [-0.05, 0) is 0 Å². The molecule has 1 aromatic rings. The first-order valence-electron chi connectivity index (χ1n) is 2.00. The van der Waals surface area contributed by atoms with E-state index in [1.165, 1.54) is 12.4 Å². The second kappa shape index (κ2) is 1.96. The average Bonchev–Trinajstić information content (AvgIpc) is 1.77. The molecule has 4 heteroatoms. The van der Waals surface area contributed by atoms with Crippen LogP contribution in [-0.2, 0) is 0 Å². The molecule has 42 valence electrons. The predicted molar refractivity (Wildman–Crippen MR) is 29.9 cm³/mol. The molecule has 0 bridgehead atoms. The Hall–Kier alpha value is -0.830. The standard InChI is InChI=1S/C4H3ClN2O/c5-3-4(8)7-2-1-6-3/h1-2H,(H,7,8).